The highest BCUT2D eigenvalue weighted by atomic mass is 16.4. The summed E-state index contributed by atoms with van der Waals surface area (Å²) in [5, 5.41) is 7.42. The molecule has 1 fully saturated rings. The van der Waals surface area contributed by atoms with Crippen LogP contribution in [0.1, 0.15) is 33.1 Å². The summed E-state index contributed by atoms with van der Waals surface area (Å²) >= 11 is 0. The van der Waals surface area contributed by atoms with Gasteiger partial charge in [0.05, 0.1) is 0 Å². The third-order valence-corrected chi connectivity index (χ3v) is 2.54. The fourth-order valence-corrected chi connectivity index (χ4v) is 1.82. The number of hydrogen-bond donors (Lipinski definition) is 2. The normalized spacial score (nSPS) is 20.3. The lowest BCUT2D eigenvalue weighted by Crippen LogP contribution is -2.32. The number of hydrogen-bond acceptors (Lipinski definition) is 3. The van der Waals surface area contributed by atoms with Gasteiger partial charge in [0.1, 0.15) is 0 Å². The van der Waals surface area contributed by atoms with Crippen molar-refractivity contribution in [3.8, 4) is 0 Å². The standard InChI is InChI=1S/C9H20N2.C2H4O2/c1-8(10)7-9-3-5-11(2)6-4-9;1-2(3)4/h8-9H,3-7,10H2,1-2H3;1H3,(H,3,4). The minimum absolute atomic E-state index is 0.392. The Morgan fingerprint density at radius 1 is 1.53 bits per heavy atom. The summed E-state index contributed by atoms with van der Waals surface area (Å²) < 4.78 is 0. The topological polar surface area (TPSA) is 66.6 Å². The summed E-state index contributed by atoms with van der Waals surface area (Å²) in [7, 11) is 2.20. The Bertz CT molecular complexity index is 171. The molecule has 0 radical (unpaired) electrons. The van der Waals surface area contributed by atoms with Crippen molar-refractivity contribution in [3.63, 3.8) is 0 Å². The molecule has 0 aromatic carbocycles. The number of piperidine rings is 1. The van der Waals surface area contributed by atoms with E-state index < -0.39 is 5.97 Å². The van der Waals surface area contributed by atoms with E-state index >= 15 is 0 Å². The molecule has 1 saturated heterocycles. The summed E-state index contributed by atoms with van der Waals surface area (Å²) in [5.41, 5.74) is 5.74. The molecule has 1 rings (SSSR count). The van der Waals surface area contributed by atoms with E-state index in [2.05, 4.69) is 18.9 Å². The third kappa shape index (κ3) is 9.69. The van der Waals surface area contributed by atoms with Crippen molar-refractivity contribution < 1.29 is 9.90 Å². The second-order valence-corrected chi connectivity index (χ2v) is 4.48. The Morgan fingerprint density at radius 2 is 1.93 bits per heavy atom. The van der Waals surface area contributed by atoms with Crippen LogP contribution in [0.25, 0.3) is 0 Å². The van der Waals surface area contributed by atoms with Gasteiger partial charge in [0.15, 0.2) is 0 Å². The molecule has 90 valence electrons. The fraction of sp³-hybridized carbons (Fsp3) is 0.909. The smallest absolute Gasteiger partial charge is 0.300 e. The molecule has 0 spiro atoms. The highest BCUT2D eigenvalue weighted by Gasteiger charge is 2.17. The molecule has 0 aromatic rings. The molecule has 15 heavy (non-hydrogen) atoms. The minimum Gasteiger partial charge on any atom is -0.481 e. The summed E-state index contributed by atoms with van der Waals surface area (Å²) in [6.07, 6.45) is 3.91. The molecule has 1 aliphatic rings. The lowest BCUT2D eigenvalue weighted by Gasteiger charge is -2.29. The lowest BCUT2D eigenvalue weighted by atomic mass is 9.91. The summed E-state index contributed by atoms with van der Waals surface area (Å²) in [6, 6.07) is 0.392. The molecule has 1 heterocycles. The van der Waals surface area contributed by atoms with Gasteiger partial charge >= 0.3 is 0 Å². The molecule has 1 unspecified atom stereocenters. The van der Waals surface area contributed by atoms with E-state index in [0.717, 1.165) is 12.8 Å². The third-order valence-electron chi connectivity index (χ3n) is 2.54. The number of carbonyl (C=O) groups is 1. The molecule has 4 nitrogen and oxygen atoms in total. The van der Waals surface area contributed by atoms with Crippen molar-refractivity contribution in [1.29, 1.82) is 0 Å². The molecule has 0 bridgehead atoms. The quantitative estimate of drug-likeness (QED) is 0.727. The van der Waals surface area contributed by atoms with E-state index in [4.69, 9.17) is 15.6 Å². The summed E-state index contributed by atoms with van der Waals surface area (Å²) in [5.74, 6) is 0.0613. The van der Waals surface area contributed by atoms with E-state index in [0.29, 0.717) is 6.04 Å². The fourth-order valence-electron chi connectivity index (χ4n) is 1.82. The Balaban J connectivity index is 0.000000423. The molecule has 0 aliphatic carbocycles. The Labute approximate surface area is 92.4 Å². The number of carboxylic acids is 1. The van der Waals surface area contributed by atoms with E-state index in [1.54, 1.807) is 0 Å². The predicted octanol–water partition coefficient (Wildman–Crippen LogP) is 1.16. The van der Waals surface area contributed by atoms with Gasteiger partial charge in [-0.3, -0.25) is 4.79 Å². The number of rotatable bonds is 2. The average Bonchev–Trinajstić information content (AvgIpc) is 2.07. The molecule has 3 N–H and O–H groups in total. The van der Waals surface area contributed by atoms with Crippen molar-refractivity contribution >= 4 is 5.97 Å². The number of nitrogens with two attached hydrogens (primary N) is 1. The average molecular weight is 216 g/mol. The van der Waals surface area contributed by atoms with Crippen LogP contribution in [0.15, 0.2) is 0 Å². The minimum atomic E-state index is -0.833. The summed E-state index contributed by atoms with van der Waals surface area (Å²) in [4.78, 5) is 11.4. The lowest BCUT2D eigenvalue weighted by molar-refractivity contribution is -0.134. The van der Waals surface area contributed by atoms with Crippen LogP contribution < -0.4 is 5.73 Å². The second-order valence-electron chi connectivity index (χ2n) is 4.48. The Morgan fingerprint density at radius 3 is 2.27 bits per heavy atom. The zero-order chi connectivity index (χ0) is 11.8. The van der Waals surface area contributed by atoms with Gasteiger partial charge in [-0.2, -0.15) is 0 Å². The van der Waals surface area contributed by atoms with E-state index in [-0.39, 0.29) is 0 Å². The first-order valence-electron chi connectivity index (χ1n) is 5.55. The van der Waals surface area contributed by atoms with Crippen LogP contribution in [0.4, 0.5) is 0 Å². The zero-order valence-corrected chi connectivity index (χ0v) is 10.1. The molecule has 1 atom stereocenters. The maximum atomic E-state index is 9.00. The van der Waals surface area contributed by atoms with E-state index in [9.17, 15) is 0 Å². The first-order valence-corrected chi connectivity index (χ1v) is 5.55. The van der Waals surface area contributed by atoms with Crippen LogP contribution in [-0.4, -0.2) is 42.2 Å². The Kier molecular flexibility index (Phi) is 7.34. The van der Waals surface area contributed by atoms with Gasteiger partial charge in [-0.15, -0.1) is 0 Å². The van der Waals surface area contributed by atoms with Gasteiger partial charge < -0.3 is 15.7 Å². The maximum Gasteiger partial charge on any atom is 0.300 e. The van der Waals surface area contributed by atoms with Crippen LogP contribution in [0.3, 0.4) is 0 Å². The van der Waals surface area contributed by atoms with Gasteiger partial charge in [0, 0.05) is 13.0 Å². The predicted molar refractivity (Wildman–Crippen MR) is 61.8 cm³/mol. The number of aliphatic carboxylic acids is 1. The second kappa shape index (κ2) is 7.65. The van der Waals surface area contributed by atoms with Crippen LogP contribution in [-0.2, 0) is 4.79 Å². The molecular weight excluding hydrogens is 192 g/mol. The van der Waals surface area contributed by atoms with Gasteiger partial charge in [0.25, 0.3) is 5.97 Å². The largest absolute Gasteiger partial charge is 0.481 e. The van der Waals surface area contributed by atoms with E-state index in [1.807, 2.05) is 0 Å². The van der Waals surface area contributed by atoms with Crippen molar-refractivity contribution in [2.45, 2.75) is 39.2 Å². The number of carboxylic acid groups (broad SMARTS) is 1. The zero-order valence-electron chi connectivity index (χ0n) is 10.1. The SMILES string of the molecule is CC(=O)O.CC(N)CC1CCN(C)CC1. The van der Waals surface area contributed by atoms with E-state index in [1.165, 1.54) is 32.4 Å². The van der Waals surface area contributed by atoms with Crippen LogP contribution in [0.2, 0.25) is 0 Å². The van der Waals surface area contributed by atoms with Crippen molar-refractivity contribution in [2.24, 2.45) is 11.7 Å². The van der Waals surface area contributed by atoms with Crippen LogP contribution in [0, 0.1) is 5.92 Å². The molecule has 0 saturated carbocycles. The van der Waals surface area contributed by atoms with Gasteiger partial charge in [0.2, 0.25) is 0 Å². The molecule has 1 aliphatic heterocycles. The van der Waals surface area contributed by atoms with Crippen molar-refractivity contribution in [2.75, 3.05) is 20.1 Å². The molecule has 0 amide bonds. The maximum absolute atomic E-state index is 9.00. The number of nitrogens with zero attached hydrogens (tertiary/aromatic N) is 1. The molecular formula is C11H24N2O2. The first kappa shape index (κ1) is 14.4. The van der Waals surface area contributed by atoms with Gasteiger partial charge in [-0.1, -0.05) is 0 Å². The Hall–Kier alpha value is -0.610. The highest BCUT2D eigenvalue weighted by molar-refractivity contribution is 5.62. The van der Waals surface area contributed by atoms with Gasteiger partial charge in [-0.25, -0.2) is 0 Å². The van der Waals surface area contributed by atoms with Crippen molar-refractivity contribution in [3.05, 3.63) is 0 Å². The summed E-state index contributed by atoms with van der Waals surface area (Å²) in [6.45, 7) is 5.72. The monoisotopic (exact) mass is 216 g/mol. The first-order chi connectivity index (χ1) is 6.91. The van der Waals surface area contributed by atoms with Crippen LogP contribution >= 0.6 is 0 Å². The molecule has 4 heteroatoms. The van der Waals surface area contributed by atoms with Crippen molar-refractivity contribution in [1.82, 2.24) is 4.90 Å². The van der Waals surface area contributed by atoms with Crippen LogP contribution in [0.5, 0.6) is 0 Å². The van der Waals surface area contributed by atoms with Gasteiger partial charge in [-0.05, 0) is 52.2 Å². The highest BCUT2D eigenvalue weighted by Crippen LogP contribution is 2.19. The molecule has 0 aromatic heterocycles. The number of likely N-dealkylation sites (tertiary alicyclic amines) is 1.